The third-order valence-corrected chi connectivity index (χ3v) is 3.23. The van der Waals surface area contributed by atoms with Gasteiger partial charge in [-0.3, -0.25) is 0 Å². The molecule has 0 amide bonds. The largest absolute Gasteiger partial charge is 0.416 e. The van der Waals surface area contributed by atoms with Gasteiger partial charge >= 0.3 is 6.18 Å². The number of hydrogen-bond acceptors (Lipinski definition) is 0. The minimum Gasteiger partial charge on any atom is -0.211 e. The van der Waals surface area contributed by atoms with E-state index < -0.39 is 23.0 Å². The van der Waals surface area contributed by atoms with Crippen LogP contribution in [0.4, 0.5) is 17.6 Å². The van der Waals surface area contributed by atoms with Crippen LogP contribution in [-0.4, -0.2) is 6.18 Å². The van der Waals surface area contributed by atoms with Crippen LogP contribution in [0.3, 0.4) is 0 Å². The molecular weight excluding hydrogens is 196 g/mol. The molecule has 1 unspecified atom stereocenters. The Hall–Kier alpha value is -0.800. The summed E-state index contributed by atoms with van der Waals surface area (Å²) in [4.78, 5) is 0. The Bertz CT molecular complexity index is 324. The van der Waals surface area contributed by atoms with Crippen molar-refractivity contribution in [3.63, 3.8) is 0 Å². The first-order valence-electron chi connectivity index (χ1n) is 4.57. The first-order chi connectivity index (χ1) is 6.40. The summed E-state index contributed by atoms with van der Waals surface area (Å²) >= 11 is 0. The van der Waals surface area contributed by atoms with Crippen molar-refractivity contribution in [1.82, 2.24) is 0 Å². The van der Waals surface area contributed by atoms with Gasteiger partial charge in [0.2, 0.25) is 0 Å². The van der Waals surface area contributed by atoms with Gasteiger partial charge in [-0.25, -0.2) is 4.39 Å². The Morgan fingerprint density at radius 3 is 2.57 bits per heavy atom. The van der Waals surface area contributed by atoms with E-state index in [-0.39, 0.29) is 5.92 Å². The lowest BCUT2D eigenvalue weighted by Gasteiger charge is -2.18. The van der Waals surface area contributed by atoms with Gasteiger partial charge in [0.15, 0.2) is 0 Å². The van der Waals surface area contributed by atoms with Gasteiger partial charge in [0.25, 0.3) is 0 Å². The van der Waals surface area contributed by atoms with E-state index in [1.165, 1.54) is 0 Å². The predicted molar refractivity (Wildman–Crippen MR) is 44.2 cm³/mol. The first-order valence-corrected chi connectivity index (χ1v) is 4.57. The summed E-state index contributed by atoms with van der Waals surface area (Å²) in [6.45, 7) is 1.81. The predicted octanol–water partition coefficient (Wildman–Crippen LogP) is 3.76. The van der Waals surface area contributed by atoms with Crippen molar-refractivity contribution in [2.24, 2.45) is 11.3 Å². The smallest absolute Gasteiger partial charge is 0.211 e. The average molecular weight is 206 g/mol. The van der Waals surface area contributed by atoms with Gasteiger partial charge in [-0.05, 0) is 24.8 Å². The van der Waals surface area contributed by atoms with Crippen LogP contribution in [0.15, 0.2) is 23.6 Å². The summed E-state index contributed by atoms with van der Waals surface area (Å²) in [5.41, 5.74) is -1.42. The van der Waals surface area contributed by atoms with Gasteiger partial charge in [0.1, 0.15) is 5.83 Å². The molecule has 2 atom stereocenters. The molecular formula is C10H10F4. The molecule has 0 aliphatic heterocycles. The van der Waals surface area contributed by atoms with E-state index in [0.29, 0.717) is 18.9 Å². The van der Waals surface area contributed by atoms with Crippen LogP contribution in [-0.2, 0) is 0 Å². The van der Waals surface area contributed by atoms with Crippen molar-refractivity contribution in [2.45, 2.75) is 25.9 Å². The maximum absolute atomic E-state index is 13.4. The number of fused-ring (bicyclic) bond motifs is 1. The Labute approximate surface area is 79.3 Å². The Morgan fingerprint density at radius 1 is 1.50 bits per heavy atom. The van der Waals surface area contributed by atoms with Crippen molar-refractivity contribution in [3.8, 4) is 0 Å². The number of rotatable bonds is 1. The van der Waals surface area contributed by atoms with Gasteiger partial charge in [-0.15, -0.1) is 0 Å². The lowest BCUT2D eigenvalue weighted by molar-refractivity contribution is -0.0890. The van der Waals surface area contributed by atoms with E-state index >= 15 is 0 Å². The molecule has 2 aliphatic carbocycles. The van der Waals surface area contributed by atoms with Crippen molar-refractivity contribution < 1.29 is 17.6 Å². The molecule has 0 spiro atoms. The quantitative estimate of drug-likeness (QED) is 0.573. The molecule has 0 nitrogen and oxygen atoms in total. The van der Waals surface area contributed by atoms with Crippen LogP contribution < -0.4 is 0 Å². The van der Waals surface area contributed by atoms with Crippen molar-refractivity contribution >= 4 is 0 Å². The lowest BCUT2D eigenvalue weighted by atomic mass is 9.92. The molecule has 1 saturated carbocycles. The number of halogens is 4. The van der Waals surface area contributed by atoms with Gasteiger partial charge in [0.05, 0.1) is 5.57 Å². The van der Waals surface area contributed by atoms with Crippen LogP contribution in [0.25, 0.3) is 0 Å². The van der Waals surface area contributed by atoms with Crippen LogP contribution in [0.5, 0.6) is 0 Å². The minimum atomic E-state index is -4.42. The SMILES string of the molecule is CCC12C[C@@H]1C=C(C(F)(F)F)C=C2F. The molecule has 14 heavy (non-hydrogen) atoms. The van der Waals surface area contributed by atoms with Crippen molar-refractivity contribution in [3.05, 3.63) is 23.6 Å². The van der Waals surface area contributed by atoms with Gasteiger partial charge in [0, 0.05) is 5.41 Å². The van der Waals surface area contributed by atoms with Crippen LogP contribution in [0.2, 0.25) is 0 Å². The van der Waals surface area contributed by atoms with E-state index in [2.05, 4.69) is 0 Å². The molecule has 0 saturated heterocycles. The molecule has 2 aliphatic rings. The molecule has 1 fully saturated rings. The molecule has 0 aromatic heterocycles. The Balaban J connectivity index is 2.30. The first kappa shape index (κ1) is 9.74. The minimum absolute atomic E-state index is 0.242. The topological polar surface area (TPSA) is 0 Å². The van der Waals surface area contributed by atoms with E-state index in [0.717, 1.165) is 6.08 Å². The molecule has 0 N–H and O–H groups in total. The zero-order valence-corrected chi connectivity index (χ0v) is 7.66. The standard InChI is InChI=1S/C10H10F4/c1-2-9-5-7(9)3-6(4-8(9)11)10(12,13)14/h3-4,7H,2,5H2,1H3/t7-,9?/m0/s1. The highest BCUT2D eigenvalue weighted by Crippen LogP contribution is 2.64. The number of allylic oxidation sites excluding steroid dienone is 4. The molecule has 0 aromatic rings. The lowest BCUT2D eigenvalue weighted by Crippen LogP contribution is -2.16. The summed E-state index contributed by atoms with van der Waals surface area (Å²) in [6.07, 6.45) is -1.52. The Kier molecular flexibility index (Phi) is 1.82. The molecule has 0 bridgehead atoms. The zero-order valence-electron chi connectivity index (χ0n) is 7.66. The third kappa shape index (κ3) is 1.20. The second-order valence-electron chi connectivity index (χ2n) is 3.93. The van der Waals surface area contributed by atoms with Crippen molar-refractivity contribution in [2.75, 3.05) is 0 Å². The molecule has 4 heteroatoms. The monoisotopic (exact) mass is 206 g/mol. The van der Waals surface area contributed by atoms with Crippen molar-refractivity contribution in [1.29, 1.82) is 0 Å². The maximum atomic E-state index is 13.4. The van der Waals surface area contributed by atoms with Gasteiger partial charge < -0.3 is 0 Å². The molecule has 0 radical (unpaired) electrons. The molecule has 78 valence electrons. The number of hydrogen-bond donors (Lipinski definition) is 0. The summed E-state index contributed by atoms with van der Waals surface area (Å²) in [6, 6.07) is 0. The molecule has 2 rings (SSSR count). The van der Waals surface area contributed by atoms with E-state index in [9.17, 15) is 17.6 Å². The Morgan fingerprint density at radius 2 is 2.14 bits per heavy atom. The average Bonchev–Trinajstić information content (AvgIpc) is 2.78. The fourth-order valence-electron chi connectivity index (χ4n) is 2.12. The summed E-state index contributed by atoms with van der Waals surface area (Å²) in [5, 5.41) is 0. The highest BCUT2D eigenvalue weighted by Gasteiger charge is 2.58. The third-order valence-electron chi connectivity index (χ3n) is 3.23. The van der Waals surface area contributed by atoms with E-state index in [1.54, 1.807) is 6.92 Å². The van der Waals surface area contributed by atoms with Gasteiger partial charge in [-0.1, -0.05) is 13.0 Å². The second-order valence-corrected chi connectivity index (χ2v) is 3.93. The van der Waals surface area contributed by atoms with Crippen LogP contribution >= 0.6 is 0 Å². The summed E-state index contributed by atoms with van der Waals surface area (Å²) in [7, 11) is 0. The van der Waals surface area contributed by atoms with E-state index in [4.69, 9.17) is 0 Å². The number of alkyl halides is 3. The molecule has 0 heterocycles. The summed E-state index contributed by atoms with van der Waals surface area (Å²) < 4.78 is 50.1. The van der Waals surface area contributed by atoms with Crippen LogP contribution in [0, 0.1) is 11.3 Å². The maximum Gasteiger partial charge on any atom is 0.416 e. The fraction of sp³-hybridized carbons (Fsp3) is 0.600. The highest BCUT2D eigenvalue weighted by atomic mass is 19.4. The molecule has 0 aromatic carbocycles. The van der Waals surface area contributed by atoms with Gasteiger partial charge in [-0.2, -0.15) is 13.2 Å². The highest BCUT2D eigenvalue weighted by molar-refractivity contribution is 5.40. The van der Waals surface area contributed by atoms with E-state index in [1.807, 2.05) is 0 Å². The summed E-state index contributed by atoms with van der Waals surface area (Å²) in [5.74, 6) is -0.839. The second kappa shape index (κ2) is 2.61. The normalized spacial score (nSPS) is 35.9. The van der Waals surface area contributed by atoms with Crippen LogP contribution in [0.1, 0.15) is 19.8 Å². The fourth-order valence-corrected chi connectivity index (χ4v) is 2.12. The zero-order chi connectivity index (χ0) is 10.6.